The zero-order valence-electron chi connectivity index (χ0n) is 22.5. The van der Waals surface area contributed by atoms with Crippen LogP contribution in [0.5, 0.6) is 0 Å². The molecule has 0 aromatic rings. The maximum Gasteiger partial charge on any atom is 0.402 e. The number of alkyl halides is 9. The first kappa shape index (κ1) is 36.9. The number of carbonyl (C=O) groups excluding carboxylic acids is 1. The van der Waals surface area contributed by atoms with Gasteiger partial charge in [0.25, 0.3) is 0 Å². The second kappa shape index (κ2) is 12.6. The molecule has 0 radical (unpaired) electrons. The molecule has 0 spiro atoms. The molecule has 5 unspecified atom stereocenters. The summed E-state index contributed by atoms with van der Waals surface area (Å²) in [4.78, 5) is 12.9. The van der Waals surface area contributed by atoms with Crippen molar-refractivity contribution >= 4 is 13.6 Å². The molecule has 0 amide bonds. The summed E-state index contributed by atoms with van der Waals surface area (Å²) >= 11 is 0. The standard InChI is InChI=1S/C22H37BF9NO5/c1-7-17(4,37-11-9-20(24,25)26)13(21(27,28)29)12-38-19(6,33)14(22(30,31)32)15(34)16(2,3)36-10-8-18(5,23)35/h13-14,35H,7-12,23,33H2,1-6H3. The molecule has 0 fully saturated rings. The van der Waals surface area contributed by atoms with Gasteiger partial charge < -0.3 is 25.1 Å². The number of hydrogen-bond acceptors (Lipinski definition) is 6. The zero-order valence-corrected chi connectivity index (χ0v) is 22.5. The number of nitrogens with two attached hydrogens (primary N) is 1. The van der Waals surface area contributed by atoms with Crippen LogP contribution in [0.1, 0.15) is 60.8 Å². The van der Waals surface area contributed by atoms with Gasteiger partial charge in [0.1, 0.15) is 25.1 Å². The Kier molecular flexibility index (Phi) is 12.2. The molecule has 38 heavy (non-hydrogen) atoms. The summed E-state index contributed by atoms with van der Waals surface area (Å²) in [5, 5.41) is 9.75. The number of hydrogen-bond donors (Lipinski definition) is 2. The molecule has 0 aromatic carbocycles. The quantitative estimate of drug-likeness (QED) is 0.172. The van der Waals surface area contributed by atoms with Gasteiger partial charge in [-0.25, -0.2) is 0 Å². The Labute approximate surface area is 217 Å². The smallest absolute Gasteiger partial charge is 0.399 e. The molecule has 5 atom stereocenters. The van der Waals surface area contributed by atoms with E-state index < -0.39 is 84.6 Å². The molecule has 3 N–H and O–H groups in total. The van der Waals surface area contributed by atoms with Crippen LogP contribution in [0.25, 0.3) is 0 Å². The predicted octanol–water partition coefficient (Wildman–Crippen LogP) is 4.27. The van der Waals surface area contributed by atoms with Gasteiger partial charge >= 0.3 is 18.5 Å². The van der Waals surface area contributed by atoms with Crippen molar-refractivity contribution in [1.82, 2.24) is 0 Å². The summed E-state index contributed by atoms with van der Waals surface area (Å²) < 4.78 is 136. The Balaban J connectivity index is 5.98. The number of ether oxygens (including phenoxy) is 3. The molecule has 0 aliphatic carbocycles. The van der Waals surface area contributed by atoms with Crippen LogP contribution in [0.3, 0.4) is 0 Å². The van der Waals surface area contributed by atoms with Crippen LogP contribution in [-0.2, 0) is 19.0 Å². The van der Waals surface area contributed by atoms with Crippen LogP contribution in [0.2, 0.25) is 0 Å². The minimum atomic E-state index is -5.37. The van der Waals surface area contributed by atoms with Crippen LogP contribution in [0.15, 0.2) is 0 Å². The number of Topliss-reactive ketones (excluding diaryl/α,β-unsaturated/α-hetero) is 1. The van der Waals surface area contributed by atoms with Crippen LogP contribution in [0.4, 0.5) is 39.5 Å². The fourth-order valence-corrected chi connectivity index (χ4v) is 3.52. The Morgan fingerprint density at radius 3 is 1.68 bits per heavy atom. The van der Waals surface area contributed by atoms with Crippen molar-refractivity contribution in [2.75, 3.05) is 19.8 Å². The van der Waals surface area contributed by atoms with Gasteiger partial charge in [-0.2, -0.15) is 39.5 Å². The van der Waals surface area contributed by atoms with E-state index in [-0.39, 0.29) is 13.0 Å². The maximum absolute atomic E-state index is 14.0. The molecule has 6 nitrogen and oxygen atoms in total. The summed E-state index contributed by atoms with van der Waals surface area (Å²) in [6.45, 7) is 3.08. The highest BCUT2D eigenvalue weighted by Crippen LogP contribution is 2.42. The fraction of sp³-hybridized carbons (Fsp3) is 0.955. The van der Waals surface area contributed by atoms with E-state index in [1.54, 1.807) is 0 Å². The monoisotopic (exact) mass is 577 g/mol. The third-order valence-corrected chi connectivity index (χ3v) is 6.15. The Bertz CT molecular complexity index is 764. The number of aliphatic hydroxyl groups is 1. The minimum absolute atomic E-state index is 0.0476. The highest BCUT2D eigenvalue weighted by molar-refractivity contribution is 6.13. The van der Waals surface area contributed by atoms with Gasteiger partial charge in [0.15, 0.2) is 11.7 Å². The molecule has 0 saturated heterocycles. The molecular formula is C22H37BF9NO5. The van der Waals surface area contributed by atoms with Gasteiger partial charge in [-0.05, 0) is 47.5 Å². The van der Waals surface area contributed by atoms with Gasteiger partial charge in [0.2, 0.25) is 0 Å². The van der Waals surface area contributed by atoms with E-state index in [1.165, 1.54) is 21.7 Å². The first-order valence-electron chi connectivity index (χ1n) is 11.8. The summed E-state index contributed by atoms with van der Waals surface area (Å²) in [6, 6.07) is 0. The number of carbonyl (C=O) groups is 1. The first-order chi connectivity index (χ1) is 16.6. The van der Waals surface area contributed by atoms with E-state index in [1.807, 2.05) is 0 Å². The minimum Gasteiger partial charge on any atom is -0.399 e. The Morgan fingerprint density at radius 1 is 0.842 bits per heavy atom. The lowest BCUT2D eigenvalue weighted by Crippen LogP contribution is -2.61. The van der Waals surface area contributed by atoms with Crippen LogP contribution < -0.4 is 5.73 Å². The average molecular weight is 577 g/mol. The number of ketones is 1. The molecule has 0 saturated carbocycles. The van der Waals surface area contributed by atoms with Crippen molar-refractivity contribution in [3.8, 4) is 0 Å². The van der Waals surface area contributed by atoms with E-state index in [4.69, 9.17) is 19.9 Å². The molecule has 226 valence electrons. The van der Waals surface area contributed by atoms with Gasteiger partial charge in [-0.1, -0.05) is 6.92 Å². The molecule has 0 aromatic heterocycles. The molecule has 16 heteroatoms. The van der Waals surface area contributed by atoms with Crippen LogP contribution in [-0.4, -0.2) is 79.5 Å². The van der Waals surface area contributed by atoms with Crippen molar-refractivity contribution < 1.29 is 63.6 Å². The average Bonchev–Trinajstić information content (AvgIpc) is 2.63. The topological polar surface area (TPSA) is 91.0 Å². The molecule has 0 rings (SSSR count). The second-order valence-corrected chi connectivity index (χ2v) is 10.7. The molecule has 0 heterocycles. The third kappa shape index (κ3) is 12.0. The van der Waals surface area contributed by atoms with Crippen molar-refractivity contribution in [1.29, 1.82) is 0 Å². The zero-order chi connectivity index (χ0) is 30.6. The van der Waals surface area contributed by atoms with E-state index in [0.29, 0.717) is 6.92 Å². The normalized spacial score (nSPS) is 20.2. The Morgan fingerprint density at radius 2 is 1.32 bits per heavy atom. The predicted molar refractivity (Wildman–Crippen MR) is 122 cm³/mol. The van der Waals surface area contributed by atoms with Crippen molar-refractivity contribution in [2.45, 2.75) is 102 Å². The summed E-state index contributed by atoms with van der Waals surface area (Å²) in [5.41, 5.74) is -3.06. The summed E-state index contributed by atoms with van der Waals surface area (Å²) in [7, 11) is 1.41. The number of halogens is 9. The molecule has 0 aliphatic rings. The highest BCUT2D eigenvalue weighted by Gasteiger charge is 2.60. The first-order valence-corrected chi connectivity index (χ1v) is 11.8. The molecule has 0 aliphatic heterocycles. The highest BCUT2D eigenvalue weighted by atomic mass is 19.4. The fourth-order valence-electron chi connectivity index (χ4n) is 3.52. The van der Waals surface area contributed by atoms with Gasteiger partial charge in [0.05, 0.1) is 25.2 Å². The van der Waals surface area contributed by atoms with Crippen LogP contribution in [0, 0.1) is 11.8 Å². The molecular weight excluding hydrogens is 540 g/mol. The third-order valence-electron chi connectivity index (χ3n) is 6.15. The maximum atomic E-state index is 14.0. The van der Waals surface area contributed by atoms with Gasteiger partial charge in [-0.15, -0.1) is 0 Å². The second-order valence-electron chi connectivity index (χ2n) is 10.7. The van der Waals surface area contributed by atoms with E-state index in [0.717, 1.165) is 20.8 Å². The van der Waals surface area contributed by atoms with Crippen molar-refractivity contribution in [2.24, 2.45) is 17.6 Å². The molecule has 0 bridgehead atoms. The lowest BCUT2D eigenvalue weighted by molar-refractivity contribution is -0.274. The van der Waals surface area contributed by atoms with Crippen molar-refractivity contribution in [3.63, 3.8) is 0 Å². The lowest BCUT2D eigenvalue weighted by Gasteiger charge is -2.42. The Hall–Kier alpha value is -1.10. The van der Waals surface area contributed by atoms with Gasteiger partial charge in [-0.3, -0.25) is 4.79 Å². The van der Waals surface area contributed by atoms with E-state index in [2.05, 4.69) is 0 Å². The van der Waals surface area contributed by atoms with Crippen molar-refractivity contribution in [3.05, 3.63) is 0 Å². The largest absolute Gasteiger partial charge is 0.402 e. The van der Waals surface area contributed by atoms with E-state index in [9.17, 15) is 49.4 Å². The summed E-state index contributed by atoms with van der Waals surface area (Å²) in [5.74, 6) is -7.45. The lowest BCUT2D eigenvalue weighted by atomic mass is 9.81. The number of rotatable bonds is 15. The SMILES string of the molecule is BC(C)(O)CCOC(C)(C)C(=O)C(C(F)(F)F)C(C)(N)OCC(C(F)(F)F)C(C)(CC)OCCC(F)(F)F. The summed E-state index contributed by atoms with van der Waals surface area (Å²) in [6.07, 6.45) is -17.3. The van der Waals surface area contributed by atoms with Crippen LogP contribution >= 0.6 is 0 Å². The van der Waals surface area contributed by atoms with E-state index >= 15 is 0 Å². The van der Waals surface area contributed by atoms with Gasteiger partial charge in [0, 0.05) is 12.1 Å².